The van der Waals surface area contributed by atoms with Crippen LogP contribution >= 0.6 is 0 Å². The molecular weight excluding hydrogens is 327 g/mol. The summed E-state index contributed by atoms with van der Waals surface area (Å²) in [5, 5.41) is 1.50. The summed E-state index contributed by atoms with van der Waals surface area (Å²) in [6.45, 7) is 1.44. The van der Waals surface area contributed by atoms with E-state index in [1.54, 1.807) is 0 Å². The van der Waals surface area contributed by atoms with Crippen LogP contribution in [0.2, 0.25) is 0 Å². The van der Waals surface area contributed by atoms with Gasteiger partial charge >= 0.3 is 6.18 Å². The Labute approximate surface area is 133 Å². The van der Waals surface area contributed by atoms with Crippen molar-refractivity contribution in [3.8, 4) is 0 Å². The highest BCUT2D eigenvalue weighted by molar-refractivity contribution is 5.99. The Kier molecular flexibility index (Phi) is 3.66. The summed E-state index contributed by atoms with van der Waals surface area (Å²) in [7, 11) is 0. The van der Waals surface area contributed by atoms with E-state index in [0.717, 1.165) is 10.6 Å². The summed E-state index contributed by atoms with van der Waals surface area (Å²) in [6.07, 6.45) is -4.69. The first kappa shape index (κ1) is 16.2. The highest BCUT2D eigenvalue weighted by Gasteiger charge is 2.36. The van der Waals surface area contributed by atoms with Gasteiger partial charge in [0.05, 0.1) is 16.5 Å². The number of fused-ring (bicyclic) bond motifs is 1. The normalized spacial score (nSPS) is 18.8. The van der Waals surface area contributed by atoms with Crippen molar-refractivity contribution < 1.29 is 22.8 Å². The number of piperidine rings is 1. The third kappa shape index (κ3) is 2.55. The summed E-state index contributed by atoms with van der Waals surface area (Å²) >= 11 is 0. The van der Waals surface area contributed by atoms with Gasteiger partial charge in [-0.25, -0.2) is 4.98 Å². The van der Waals surface area contributed by atoms with Gasteiger partial charge in [0.2, 0.25) is 11.8 Å². The zero-order valence-corrected chi connectivity index (χ0v) is 12.5. The van der Waals surface area contributed by atoms with Crippen LogP contribution in [-0.2, 0) is 15.8 Å². The minimum absolute atomic E-state index is 0.00123. The number of aryl methyl sites for hydroxylation is 1. The van der Waals surface area contributed by atoms with Crippen molar-refractivity contribution in [3.63, 3.8) is 0 Å². The minimum Gasteiger partial charge on any atom is -0.295 e. The zero-order valence-electron chi connectivity index (χ0n) is 12.5. The molecule has 0 saturated carbocycles. The highest BCUT2D eigenvalue weighted by atomic mass is 19.4. The first-order valence-electron chi connectivity index (χ1n) is 7.13. The van der Waals surface area contributed by atoms with Crippen molar-refractivity contribution in [2.24, 2.45) is 0 Å². The average molecular weight is 339 g/mol. The Morgan fingerprint density at radius 3 is 2.58 bits per heavy atom. The molecule has 1 unspecified atom stereocenters. The molecule has 1 atom stereocenters. The van der Waals surface area contributed by atoms with Crippen LogP contribution in [0.3, 0.4) is 0 Å². The van der Waals surface area contributed by atoms with E-state index in [9.17, 15) is 27.6 Å². The summed E-state index contributed by atoms with van der Waals surface area (Å²) in [4.78, 5) is 40.0. The number of nitrogens with one attached hydrogen (secondary N) is 1. The third-order valence-electron chi connectivity index (χ3n) is 3.93. The maximum absolute atomic E-state index is 13.2. The molecule has 3 rings (SSSR count). The van der Waals surface area contributed by atoms with Gasteiger partial charge in [0, 0.05) is 6.42 Å². The van der Waals surface area contributed by atoms with E-state index in [1.807, 2.05) is 0 Å². The molecule has 0 spiro atoms. The lowest BCUT2D eigenvalue weighted by Crippen LogP contribution is -2.45. The molecule has 0 aliphatic carbocycles. The summed E-state index contributed by atoms with van der Waals surface area (Å²) < 4.78 is 40.5. The van der Waals surface area contributed by atoms with Crippen molar-refractivity contribution in [1.29, 1.82) is 0 Å². The number of amides is 2. The molecule has 126 valence electrons. The number of nitrogens with zero attached hydrogens (tertiary/aromatic N) is 2. The van der Waals surface area contributed by atoms with Crippen LogP contribution in [0, 0.1) is 6.92 Å². The van der Waals surface area contributed by atoms with Crippen LogP contribution in [0.1, 0.15) is 30.3 Å². The maximum Gasteiger partial charge on any atom is 0.417 e. The van der Waals surface area contributed by atoms with Crippen LogP contribution in [0.4, 0.5) is 13.2 Å². The van der Waals surface area contributed by atoms with Gasteiger partial charge in [0.1, 0.15) is 11.9 Å². The van der Waals surface area contributed by atoms with Crippen molar-refractivity contribution in [2.45, 2.75) is 32.0 Å². The van der Waals surface area contributed by atoms with Crippen LogP contribution < -0.4 is 10.9 Å². The minimum atomic E-state index is -4.72. The Hall–Kier alpha value is -2.71. The molecule has 9 heteroatoms. The van der Waals surface area contributed by atoms with Gasteiger partial charge in [-0.2, -0.15) is 13.2 Å². The fraction of sp³-hybridized carbons (Fsp3) is 0.333. The Bertz CT molecular complexity index is 918. The number of benzene rings is 1. The molecule has 0 radical (unpaired) electrons. The van der Waals surface area contributed by atoms with E-state index < -0.39 is 40.5 Å². The number of rotatable bonds is 1. The lowest BCUT2D eigenvalue weighted by atomic mass is 10.0. The van der Waals surface area contributed by atoms with Gasteiger partial charge in [-0.15, -0.1) is 0 Å². The number of halogens is 3. The van der Waals surface area contributed by atoms with E-state index in [2.05, 4.69) is 10.3 Å². The zero-order chi connectivity index (χ0) is 17.6. The quantitative estimate of drug-likeness (QED) is 0.802. The summed E-state index contributed by atoms with van der Waals surface area (Å²) in [5.74, 6) is -1.09. The highest BCUT2D eigenvalue weighted by Crippen LogP contribution is 2.33. The second-order valence-electron chi connectivity index (χ2n) is 5.50. The van der Waals surface area contributed by atoms with Gasteiger partial charge in [0.25, 0.3) is 5.56 Å². The largest absolute Gasteiger partial charge is 0.417 e. The molecule has 2 heterocycles. The van der Waals surface area contributed by atoms with Crippen molar-refractivity contribution in [2.75, 3.05) is 0 Å². The number of carbonyl (C=O) groups excluding carboxylic acids is 2. The first-order valence-corrected chi connectivity index (χ1v) is 7.13. The second kappa shape index (κ2) is 5.43. The molecule has 1 aliphatic heterocycles. The molecule has 6 nitrogen and oxygen atoms in total. The van der Waals surface area contributed by atoms with Crippen LogP contribution in [0.15, 0.2) is 23.0 Å². The molecule has 1 aliphatic rings. The van der Waals surface area contributed by atoms with E-state index in [4.69, 9.17) is 0 Å². The number of hydrogen-bond acceptors (Lipinski definition) is 4. The molecule has 1 saturated heterocycles. The van der Waals surface area contributed by atoms with Gasteiger partial charge in [-0.1, -0.05) is 6.07 Å². The van der Waals surface area contributed by atoms with Gasteiger partial charge in [-0.3, -0.25) is 24.3 Å². The molecule has 0 bridgehead atoms. The number of aromatic nitrogens is 2. The number of hydrogen-bond donors (Lipinski definition) is 1. The predicted octanol–water partition coefficient (Wildman–Crippen LogP) is 1.70. The topological polar surface area (TPSA) is 81.1 Å². The number of imide groups is 1. The summed E-state index contributed by atoms with van der Waals surface area (Å²) in [6, 6.07) is 2.23. The van der Waals surface area contributed by atoms with Gasteiger partial charge in [0.15, 0.2) is 0 Å². The van der Waals surface area contributed by atoms with E-state index in [0.29, 0.717) is 0 Å². The molecule has 2 aromatic rings. The Morgan fingerprint density at radius 1 is 1.25 bits per heavy atom. The van der Waals surface area contributed by atoms with E-state index in [1.165, 1.54) is 19.1 Å². The molecular formula is C15H12F3N3O3. The lowest BCUT2D eigenvalue weighted by Gasteiger charge is -2.24. The third-order valence-corrected chi connectivity index (χ3v) is 3.93. The van der Waals surface area contributed by atoms with E-state index >= 15 is 0 Å². The maximum atomic E-state index is 13.2. The molecule has 1 fully saturated rings. The Morgan fingerprint density at radius 2 is 1.96 bits per heavy atom. The van der Waals surface area contributed by atoms with Gasteiger partial charge < -0.3 is 0 Å². The van der Waals surface area contributed by atoms with E-state index in [-0.39, 0.29) is 24.2 Å². The smallest absolute Gasteiger partial charge is 0.295 e. The lowest BCUT2D eigenvalue weighted by molar-refractivity contribution is -0.136. The van der Waals surface area contributed by atoms with Crippen LogP contribution in [0.25, 0.3) is 10.9 Å². The summed E-state index contributed by atoms with van der Waals surface area (Å²) in [5.41, 5.74) is -2.13. The Balaban J connectivity index is 2.29. The molecule has 24 heavy (non-hydrogen) atoms. The number of carbonyl (C=O) groups is 2. The van der Waals surface area contributed by atoms with Gasteiger partial charge in [-0.05, 0) is 25.5 Å². The van der Waals surface area contributed by atoms with Crippen molar-refractivity contribution >= 4 is 22.7 Å². The second-order valence-corrected chi connectivity index (χ2v) is 5.50. The molecule has 1 N–H and O–H groups in total. The van der Waals surface area contributed by atoms with Crippen LogP contribution in [0.5, 0.6) is 0 Å². The fourth-order valence-corrected chi connectivity index (χ4v) is 2.89. The molecule has 1 aromatic carbocycles. The predicted molar refractivity (Wildman–Crippen MR) is 77.2 cm³/mol. The first-order chi connectivity index (χ1) is 11.2. The van der Waals surface area contributed by atoms with Crippen molar-refractivity contribution in [1.82, 2.24) is 14.9 Å². The van der Waals surface area contributed by atoms with Crippen molar-refractivity contribution in [3.05, 3.63) is 39.9 Å². The SMILES string of the molecule is Cc1nc2cccc(C(F)(F)F)c2c(=O)n1C1CCC(=O)NC1=O. The molecule has 1 aromatic heterocycles. The fourth-order valence-electron chi connectivity index (χ4n) is 2.89. The number of alkyl halides is 3. The van der Waals surface area contributed by atoms with Crippen LogP contribution in [-0.4, -0.2) is 21.4 Å². The molecule has 2 amide bonds. The monoisotopic (exact) mass is 339 g/mol. The standard InChI is InChI=1S/C15H12F3N3O3/c1-7-19-9-4-2-3-8(15(16,17)18)12(9)14(24)21(7)10-5-6-11(22)20-13(10)23/h2-4,10H,5-6H2,1H3,(H,20,22,23). The average Bonchev–Trinajstić information content (AvgIpc) is 2.47.